The molecule has 0 aliphatic carbocycles. The van der Waals surface area contributed by atoms with Crippen molar-refractivity contribution in [3.05, 3.63) is 58.7 Å². The van der Waals surface area contributed by atoms with E-state index in [1.54, 1.807) is 21.3 Å². The topological polar surface area (TPSA) is 86.7 Å². The Kier molecular flexibility index (Phi) is 7.79. The summed E-state index contributed by atoms with van der Waals surface area (Å²) in [6, 6.07) is 10.9. The lowest BCUT2D eigenvalue weighted by Gasteiger charge is -2.34. The monoisotopic (exact) mass is 493 g/mol. The summed E-state index contributed by atoms with van der Waals surface area (Å²) >= 11 is 0. The van der Waals surface area contributed by atoms with E-state index in [0.29, 0.717) is 29.2 Å². The normalized spacial score (nSPS) is 18.1. The number of benzene rings is 2. The van der Waals surface area contributed by atoms with E-state index >= 15 is 0 Å². The van der Waals surface area contributed by atoms with Crippen LogP contribution >= 0.6 is 0 Å². The largest absolute Gasteiger partial charge is 0.493 e. The van der Waals surface area contributed by atoms with Crippen molar-refractivity contribution in [1.29, 1.82) is 0 Å². The van der Waals surface area contributed by atoms with Gasteiger partial charge in [0.1, 0.15) is 0 Å². The van der Waals surface area contributed by atoms with E-state index in [0.717, 1.165) is 49.4 Å². The summed E-state index contributed by atoms with van der Waals surface area (Å²) in [5.74, 6) is 1.25. The van der Waals surface area contributed by atoms with Crippen LogP contribution in [0.2, 0.25) is 0 Å². The van der Waals surface area contributed by atoms with Crippen molar-refractivity contribution >= 4 is 17.6 Å². The molecule has 2 aromatic carbocycles. The molecule has 2 heterocycles. The van der Waals surface area contributed by atoms with Crippen LogP contribution in [0.5, 0.6) is 11.5 Å². The van der Waals surface area contributed by atoms with Crippen molar-refractivity contribution in [2.45, 2.75) is 26.3 Å². The summed E-state index contributed by atoms with van der Waals surface area (Å²) in [4.78, 5) is 30.0. The van der Waals surface area contributed by atoms with Crippen LogP contribution in [0.4, 0.5) is 4.79 Å². The van der Waals surface area contributed by atoms with Crippen LogP contribution < -0.4 is 14.8 Å². The van der Waals surface area contributed by atoms with Crippen molar-refractivity contribution in [1.82, 2.24) is 20.1 Å². The molecule has 9 heteroatoms. The smallest absolute Gasteiger partial charge is 0.337 e. The molecule has 4 rings (SSSR count). The maximum atomic E-state index is 13.1. The lowest BCUT2D eigenvalue weighted by Crippen LogP contribution is -2.48. The Labute approximate surface area is 212 Å². The molecule has 192 valence electrons. The van der Waals surface area contributed by atoms with Gasteiger partial charge in [-0.2, -0.15) is 5.10 Å². The number of nitrogens with one attached hydrogen (secondary N) is 1. The molecule has 0 saturated carbocycles. The lowest BCUT2D eigenvalue weighted by molar-refractivity contribution is 0.0643. The quantitative estimate of drug-likeness (QED) is 0.692. The van der Waals surface area contributed by atoms with Gasteiger partial charge in [0.15, 0.2) is 11.5 Å². The lowest BCUT2D eigenvalue weighted by atomic mass is 9.93. The maximum Gasteiger partial charge on any atom is 0.337 e. The standard InChI is InChI=1S/C27H35N5O4/c1-6-30-11-13-31(14-12-30)26(33)20-9-7-19(8-10-20)25-22-17-24(36-5)23(35-4)16-21(22)15-18(2)32(29-25)27(34)28-3/h7-10,16-18H,6,11-15H2,1-5H3,(H,28,34). The molecule has 9 nitrogen and oxygen atoms in total. The van der Waals surface area contributed by atoms with Crippen molar-refractivity contribution in [3.63, 3.8) is 0 Å². The average molecular weight is 494 g/mol. The molecule has 1 atom stereocenters. The second-order valence-corrected chi connectivity index (χ2v) is 9.07. The molecule has 2 aromatic rings. The number of amides is 3. The van der Waals surface area contributed by atoms with Crippen molar-refractivity contribution in [2.24, 2.45) is 5.10 Å². The molecule has 0 radical (unpaired) electrons. The highest BCUT2D eigenvalue weighted by atomic mass is 16.5. The number of carbonyl (C=O) groups excluding carboxylic acids is 2. The third kappa shape index (κ3) is 5.02. The fraction of sp³-hybridized carbons (Fsp3) is 0.444. The Morgan fingerprint density at radius 3 is 2.25 bits per heavy atom. The van der Waals surface area contributed by atoms with Gasteiger partial charge in [-0.05, 0) is 49.7 Å². The van der Waals surface area contributed by atoms with Crippen molar-refractivity contribution < 1.29 is 19.1 Å². The minimum absolute atomic E-state index is 0.0347. The highest BCUT2D eigenvalue weighted by Gasteiger charge is 2.29. The number of urea groups is 1. The number of likely N-dealkylation sites (N-methyl/N-ethyl adjacent to an activating group) is 1. The minimum atomic E-state index is -0.287. The number of hydrazone groups is 1. The second kappa shape index (κ2) is 11.0. The third-order valence-electron chi connectivity index (χ3n) is 6.94. The Hall–Kier alpha value is -3.59. The Balaban J connectivity index is 1.71. The molecule has 0 spiro atoms. The fourth-order valence-electron chi connectivity index (χ4n) is 4.77. The Morgan fingerprint density at radius 2 is 1.67 bits per heavy atom. The molecule has 3 amide bonds. The van der Waals surface area contributed by atoms with Gasteiger partial charge < -0.3 is 24.6 Å². The first-order chi connectivity index (χ1) is 17.4. The molecule has 2 aliphatic heterocycles. The van der Waals surface area contributed by atoms with Crippen LogP contribution in [0.3, 0.4) is 0 Å². The Bertz CT molecular complexity index is 1140. The van der Waals surface area contributed by atoms with Crippen LogP contribution in [0, 0.1) is 0 Å². The van der Waals surface area contributed by atoms with Gasteiger partial charge in [0.05, 0.1) is 26.0 Å². The van der Waals surface area contributed by atoms with Crippen molar-refractivity contribution in [2.75, 3.05) is 54.0 Å². The van der Waals surface area contributed by atoms with Gasteiger partial charge in [0, 0.05) is 49.9 Å². The van der Waals surface area contributed by atoms with Gasteiger partial charge in [-0.3, -0.25) is 4.79 Å². The summed E-state index contributed by atoms with van der Waals surface area (Å²) in [6.45, 7) is 8.36. The van der Waals surface area contributed by atoms with E-state index in [9.17, 15) is 9.59 Å². The van der Waals surface area contributed by atoms with Gasteiger partial charge in [-0.15, -0.1) is 0 Å². The molecule has 0 bridgehead atoms. The highest BCUT2D eigenvalue weighted by Crippen LogP contribution is 2.34. The molecule has 2 aliphatic rings. The highest BCUT2D eigenvalue weighted by molar-refractivity contribution is 6.15. The van der Waals surface area contributed by atoms with Gasteiger partial charge in [-0.25, -0.2) is 9.80 Å². The molecular weight excluding hydrogens is 458 g/mol. The zero-order valence-electron chi connectivity index (χ0n) is 21.7. The van der Waals surface area contributed by atoms with E-state index < -0.39 is 0 Å². The number of hydrogen-bond acceptors (Lipinski definition) is 6. The number of hydrogen-bond donors (Lipinski definition) is 1. The molecule has 1 saturated heterocycles. The summed E-state index contributed by atoms with van der Waals surface area (Å²) in [5.41, 5.74) is 3.94. The minimum Gasteiger partial charge on any atom is -0.493 e. The van der Waals surface area contributed by atoms with E-state index in [-0.39, 0.29) is 18.0 Å². The number of carbonyl (C=O) groups is 2. The van der Waals surface area contributed by atoms with Gasteiger partial charge in [-0.1, -0.05) is 19.1 Å². The van der Waals surface area contributed by atoms with Crippen molar-refractivity contribution in [3.8, 4) is 11.5 Å². The van der Waals surface area contributed by atoms with Crippen LogP contribution in [-0.2, 0) is 6.42 Å². The van der Waals surface area contributed by atoms with Crippen LogP contribution in [0.25, 0.3) is 0 Å². The van der Waals surface area contributed by atoms with E-state index in [1.165, 1.54) is 5.01 Å². The first-order valence-electron chi connectivity index (χ1n) is 12.4. The molecule has 36 heavy (non-hydrogen) atoms. The maximum absolute atomic E-state index is 13.1. The summed E-state index contributed by atoms with van der Waals surface area (Å²) in [7, 11) is 4.79. The number of piperazine rings is 1. The number of rotatable bonds is 5. The van der Waals surface area contributed by atoms with Crippen LogP contribution in [-0.4, -0.2) is 92.5 Å². The predicted octanol–water partition coefficient (Wildman–Crippen LogP) is 2.82. The predicted molar refractivity (Wildman–Crippen MR) is 139 cm³/mol. The zero-order chi connectivity index (χ0) is 25.8. The first kappa shape index (κ1) is 25.5. The number of methoxy groups -OCH3 is 2. The number of fused-ring (bicyclic) bond motifs is 1. The van der Waals surface area contributed by atoms with Gasteiger partial charge in [0.2, 0.25) is 0 Å². The van der Waals surface area contributed by atoms with Crippen LogP contribution in [0.1, 0.15) is 40.9 Å². The van der Waals surface area contributed by atoms with E-state index in [1.807, 2.05) is 48.2 Å². The van der Waals surface area contributed by atoms with Crippen LogP contribution in [0.15, 0.2) is 41.5 Å². The molecular formula is C27H35N5O4. The number of nitrogens with zero attached hydrogens (tertiary/aromatic N) is 4. The van der Waals surface area contributed by atoms with E-state index in [4.69, 9.17) is 14.6 Å². The number of ether oxygens (including phenoxy) is 2. The molecule has 1 fully saturated rings. The summed E-state index contributed by atoms with van der Waals surface area (Å²) in [6.07, 6.45) is 0.594. The first-order valence-corrected chi connectivity index (χ1v) is 12.4. The van der Waals surface area contributed by atoms with Gasteiger partial charge in [0.25, 0.3) is 5.91 Å². The molecule has 1 unspecified atom stereocenters. The molecule has 0 aromatic heterocycles. The molecule has 1 N–H and O–H groups in total. The summed E-state index contributed by atoms with van der Waals surface area (Å²) in [5, 5.41) is 8.95. The average Bonchev–Trinajstić information content (AvgIpc) is 3.06. The summed E-state index contributed by atoms with van der Waals surface area (Å²) < 4.78 is 11.1. The fourth-order valence-corrected chi connectivity index (χ4v) is 4.77. The second-order valence-electron chi connectivity index (χ2n) is 9.07. The van der Waals surface area contributed by atoms with E-state index in [2.05, 4.69) is 17.1 Å². The zero-order valence-corrected chi connectivity index (χ0v) is 21.7. The third-order valence-corrected chi connectivity index (χ3v) is 6.94. The van der Waals surface area contributed by atoms with Gasteiger partial charge >= 0.3 is 6.03 Å². The SMILES string of the molecule is CCN1CCN(C(=O)c2ccc(C3=NN(C(=O)NC)C(C)Cc4cc(OC)c(OC)cc43)cc2)CC1. The Morgan fingerprint density at radius 1 is 1.03 bits per heavy atom.